The molecule has 12 nitrogen and oxygen atoms in total. The van der Waals surface area contributed by atoms with Crippen molar-refractivity contribution in [2.75, 3.05) is 34.1 Å². The number of ether oxygens (including phenoxy) is 4. The van der Waals surface area contributed by atoms with Gasteiger partial charge in [-0.3, -0.25) is 24.3 Å². The number of thiazole rings is 1. The first-order valence-corrected chi connectivity index (χ1v) is 13.7. The molecule has 0 unspecified atom stereocenters. The molecule has 0 saturated carbocycles. The van der Waals surface area contributed by atoms with Gasteiger partial charge in [0.15, 0.2) is 16.3 Å². The lowest BCUT2D eigenvalue weighted by molar-refractivity contribution is -0.385. The lowest BCUT2D eigenvalue weighted by Crippen LogP contribution is -2.43. The molecular weight excluding hydrogens is 552 g/mol. The van der Waals surface area contributed by atoms with E-state index in [2.05, 4.69) is 4.99 Å². The van der Waals surface area contributed by atoms with E-state index >= 15 is 0 Å². The van der Waals surface area contributed by atoms with Crippen LogP contribution in [0.4, 0.5) is 5.69 Å². The molecule has 3 heterocycles. The highest BCUT2D eigenvalue weighted by Crippen LogP contribution is 2.39. The van der Waals surface area contributed by atoms with Crippen molar-refractivity contribution in [3.63, 3.8) is 0 Å². The van der Waals surface area contributed by atoms with Gasteiger partial charge >= 0.3 is 0 Å². The van der Waals surface area contributed by atoms with Crippen LogP contribution in [0, 0.1) is 10.1 Å². The van der Waals surface area contributed by atoms with Crippen LogP contribution in [0.3, 0.4) is 0 Å². The fraction of sp³-hybridized carbons (Fsp3) is 0.321. The third-order valence-electron chi connectivity index (χ3n) is 7.04. The van der Waals surface area contributed by atoms with Gasteiger partial charge < -0.3 is 23.8 Å². The van der Waals surface area contributed by atoms with Gasteiger partial charge in [0.25, 0.3) is 17.2 Å². The third kappa shape index (κ3) is 4.82. The summed E-state index contributed by atoms with van der Waals surface area (Å²) < 4.78 is 23.5. The summed E-state index contributed by atoms with van der Waals surface area (Å²) >= 11 is 1.07. The number of likely N-dealkylation sites (N-methyl/N-ethyl adjacent to an activating group) is 1. The number of allylic oxidation sites excluding steroid dienone is 1. The SMILES string of the molecule is CCN(CC)C(=O)C1=C(C)N=c2s/c(=C/c3cc4c(cc3[N+](=O)[O-])OCO4)c(=O)n2[C@H]1c1cc(OC)ccc1OC. The van der Waals surface area contributed by atoms with Crippen LogP contribution in [0.5, 0.6) is 23.0 Å². The Bertz CT molecular complexity index is 1770. The second-order valence-corrected chi connectivity index (χ2v) is 10.2. The van der Waals surface area contributed by atoms with Crippen LogP contribution in [0.1, 0.15) is 37.9 Å². The third-order valence-corrected chi connectivity index (χ3v) is 8.02. The van der Waals surface area contributed by atoms with Crippen molar-refractivity contribution in [3.8, 4) is 23.0 Å². The summed E-state index contributed by atoms with van der Waals surface area (Å²) in [6, 6.07) is 7.04. The van der Waals surface area contributed by atoms with E-state index in [0.717, 1.165) is 11.3 Å². The van der Waals surface area contributed by atoms with E-state index < -0.39 is 16.5 Å². The first kappa shape index (κ1) is 27.9. The average molecular weight is 581 g/mol. The van der Waals surface area contributed by atoms with Crippen LogP contribution in [0.25, 0.3) is 6.08 Å². The first-order chi connectivity index (χ1) is 19.7. The van der Waals surface area contributed by atoms with Gasteiger partial charge in [-0.2, -0.15) is 0 Å². The maximum atomic E-state index is 14.1. The van der Waals surface area contributed by atoms with Crippen molar-refractivity contribution in [2.24, 2.45) is 4.99 Å². The van der Waals surface area contributed by atoms with Crippen LogP contribution in [-0.2, 0) is 4.79 Å². The smallest absolute Gasteiger partial charge is 0.280 e. The Morgan fingerprint density at radius 3 is 2.54 bits per heavy atom. The molecule has 1 amide bonds. The van der Waals surface area contributed by atoms with E-state index in [9.17, 15) is 19.7 Å². The normalized spacial score (nSPS) is 15.8. The van der Waals surface area contributed by atoms with Gasteiger partial charge in [0.05, 0.1) is 46.6 Å². The molecule has 13 heteroatoms. The second-order valence-electron chi connectivity index (χ2n) is 9.19. The molecule has 41 heavy (non-hydrogen) atoms. The van der Waals surface area contributed by atoms with Crippen LogP contribution < -0.4 is 33.8 Å². The number of amides is 1. The van der Waals surface area contributed by atoms with Gasteiger partial charge in [0.1, 0.15) is 17.5 Å². The lowest BCUT2D eigenvalue weighted by atomic mass is 9.93. The summed E-state index contributed by atoms with van der Waals surface area (Å²) in [5.74, 6) is 1.32. The molecule has 0 radical (unpaired) electrons. The summed E-state index contributed by atoms with van der Waals surface area (Å²) in [5, 5.41) is 11.9. The molecule has 0 N–H and O–H groups in total. The summed E-state index contributed by atoms with van der Waals surface area (Å²) in [6.45, 7) is 6.37. The highest BCUT2D eigenvalue weighted by atomic mass is 32.1. The van der Waals surface area contributed by atoms with E-state index in [-0.39, 0.29) is 34.2 Å². The Labute approximate surface area is 238 Å². The zero-order valence-corrected chi connectivity index (χ0v) is 23.9. The van der Waals surface area contributed by atoms with Crippen molar-refractivity contribution in [1.82, 2.24) is 9.47 Å². The first-order valence-electron chi connectivity index (χ1n) is 12.8. The molecule has 0 saturated heterocycles. The number of fused-ring (bicyclic) bond motifs is 2. The Balaban J connectivity index is 1.79. The van der Waals surface area contributed by atoms with Gasteiger partial charge in [-0.15, -0.1) is 0 Å². The second kappa shape index (κ2) is 11.1. The molecule has 214 valence electrons. The lowest BCUT2D eigenvalue weighted by Gasteiger charge is -2.30. The molecule has 0 fully saturated rings. The standard InChI is InChI=1S/C28H28N4O8S/c1-6-30(7-2)27(34)24-15(3)29-28-31(25(24)18-12-17(37-4)8-9-20(18)38-5)26(33)23(41-28)11-16-10-21-22(40-14-39-21)13-19(16)32(35)36/h8-13,25H,6-7,14H2,1-5H3/b23-11+/t25-/m0/s1. The molecule has 2 aromatic carbocycles. The highest BCUT2D eigenvalue weighted by molar-refractivity contribution is 7.07. The van der Waals surface area contributed by atoms with Crippen LogP contribution in [0.2, 0.25) is 0 Å². The minimum atomic E-state index is -0.890. The highest BCUT2D eigenvalue weighted by Gasteiger charge is 2.36. The number of nitro benzene ring substituents is 1. The molecule has 3 aromatic rings. The zero-order chi connectivity index (χ0) is 29.4. The number of methoxy groups -OCH3 is 2. The Morgan fingerprint density at radius 2 is 1.90 bits per heavy atom. The van der Waals surface area contributed by atoms with Crippen molar-refractivity contribution in [2.45, 2.75) is 26.8 Å². The predicted octanol–water partition coefficient (Wildman–Crippen LogP) is 2.76. The molecule has 0 bridgehead atoms. The number of aromatic nitrogens is 1. The minimum Gasteiger partial charge on any atom is -0.497 e. The van der Waals surface area contributed by atoms with Crippen molar-refractivity contribution >= 4 is 29.0 Å². The summed E-state index contributed by atoms with van der Waals surface area (Å²) in [4.78, 5) is 45.9. The molecule has 5 rings (SSSR count). The fourth-order valence-corrected chi connectivity index (χ4v) is 6.02. The molecule has 2 aliphatic heterocycles. The molecule has 0 spiro atoms. The van der Waals surface area contributed by atoms with E-state index in [4.69, 9.17) is 18.9 Å². The maximum Gasteiger partial charge on any atom is 0.280 e. The van der Waals surface area contributed by atoms with Gasteiger partial charge in [-0.25, -0.2) is 4.99 Å². The number of rotatable bonds is 8. The zero-order valence-electron chi connectivity index (χ0n) is 23.1. The fourth-order valence-electron chi connectivity index (χ4n) is 4.99. The molecule has 2 aliphatic rings. The van der Waals surface area contributed by atoms with E-state index in [1.54, 1.807) is 30.0 Å². The Morgan fingerprint density at radius 1 is 1.20 bits per heavy atom. The summed E-state index contributed by atoms with van der Waals surface area (Å²) in [7, 11) is 3.04. The van der Waals surface area contributed by atoms with E-state index in [1.807, 2.05) is 13.8 Å². The van der Waals surface area contributed by atoms with Crippen molar-refractivity contribution < 1.29 is 28.7 Å². The quantitative estimate of drug-likeness (QED) is 0.293. The summed E-state index contributed by atoms with van der Waals surface area (Å²) in [6.07, 6.45) is 1.44. The van der Waals surface area contributed by atoms with Crippen LogP contribution in [-0.4, -0.2) is 54.4 Å². The van der Waals surface area contributed by atoms with Gasteiger partial charge in [0.2, 0.25) is 6.79 Å². The molecule has 1 aromatic heterocycles. The number of nitro groups is 1. The van der Waals surface area contributed by atoms with Crippen LogP contribution in [0.15, 0.2) is 51.4 Å². The van der Waals surface area contributed by atoms with E-state index in [0.29, 0.717) is 52.0 Å². The number of hydrogen-bond donors (Lipinski definition) is 0. The Hall–Kier alpha value is -4.65. The van der Waals surface area contributed by atoms with Gasteiger partial charge in [-0.05, 0) is 51.1 Å². The van der Waals surface area contributed by atoms with E-state index in [1.165, 1.54) is 37.0 Å². The number of carbonyl (C=O) groups excluding carboxylic acids is 1. The number of nitrogens with zero attached hydrogens (tertiary/aromatic N) is 4. The number of hydrogen-bond acceptors (Lipinski definition) is 10. The minimum absolute atomic E-state index is 0.0525. The maximum absolute atomic E-state index is 14.1. The van der Waals surface area contributed by atoms with Crippen molar-refractivity contribution in [1.29, 1.82) is 0 Å². The van der Waals surface area contributed by atoms with Crippen molar-refractivity contribution in [3.05, 3.63) is 82.5 Å². The van der Waals surface area contributed by atoms with Crippen LogP contribution >= 0.6 is 11.3 Å². The number of benzene rings is 2. The molecule has 1 atom stereocenters. The van der Waals surface area contributed by atoms with Gasteiger partial charge in [0, 0.05) is 18.7 Å². The van der Waals surface area contributed by atoms with Gasteiger partial charge in [-0.1, -0.05) is 11.3 Å². The largest absolute Gasteiger partial charge is 0.497 e. The molecule has 0 aliphatic carbocycles. The predicted molar refractivity (Wildman–Crippen MR) is 150 cm³/mol. The Kier molecular flexibility index (Phi) is 7.54. The number of carbonyl (C=O) groups is 1. The molecular formula is C28H28N4O8S. The monoisotopic (exact) mass is 580 g/mol. The average Bonchev–Trinajstić information content (AvgIpc) is 3.55. The topological polar surface area (TPSA) is 135 Å². The summed E-state index contributed by atoms with van der Waals surface area (Å²) in [5.41, 5.74) is 0.799.